The lowest BCUT2D eigenvalue weighted by Crippen LogP contribution is -2.52. The summed E-state index contributed by atoms with van der Waals surface area (Å²) in [5, 5.41) is 5.64. The van der Waals surface area contributed by atoms with Crippen LogP contribution < -0.4 is 10.6 Å². The minimum absolute atomic E-state index is 0.262. The van der Waals surface area contributed by atoms with Gasteiger partial charge in [-0.05, 0) is 30.9 Å². The van der Waals surface area contributed by atoms with Gasteiger partial charge in [-0.15, -0.1) is 0 Å². The van der Waals surface area contributed by atoms with E-state index in [4.69, 9.17) is 4.74 Å². The predicted octanol–water partition coefficient (Wildman–Crippen LogP) is 2.68. The van der Waals surface area contributed by atoms with Crippen molar-refractivity contribution in [2.75, 3.05) is 26.2 Å². The average molecular weight is 369 g/mol. The Bertz CT molecular complexity index is 755. The van der Waals surface area contributed by atoms with Crippen LogP contribution in [0.15, 0.2) is 47.7 Å². The van der Waals surface area contributed by atoms with E-state index in [-0.39, 0.29) is 18.0 Å². The highest BCUT2D eigenvalue weighted by Gasteiger charge is 2.32. The Balaban J connectivity index is 1.76. The summed E-state index contributed by atoms with van der Waals surface area (Å²) < 4.78 is 5.22. The molecule has 6 heteroatoms. The summed E-state index contributed by atoms with van der Waals surface area (Å²) in [5.74, 6) is -0.357. The largest absolute Gasteiger partial charge is 0.463 e. The van der Waals surface area contributed by atoms with E-state index < -0.39 is 0 Å². The molecule has 1 aromatic rings. The molecule has 0 aromatic heterocycles. The first-order chi connectivity index (χ1) is 13.1. The van der Waals surface area contributed by atoms with E-state index in [2.05, 4.69) is 45.9 Å². The van der Waals surface area contributed by atoms with E-state index in [0.717, 1.165) is 19.5 Å². The zero-order chi connectivity index (χ0) is 19.2. The number of rotatable bonds is 6. The molecule has 0 saturated heterocycles. The number of carbonyl (C=O) groups excluding carboxylic acids is 2. The standard InChI is InChI=1S/C21H27N3O3/c1-3-17-19(20(25)27-4-2)18(23-21(26)22-17)14-24-12-10-16(11-13-24)15-8-6-5-7-9-15/h5-10,17H,3-4,11-14H2,1-2H3,(H2,22,23,26)/t17-/m1/s1. The Labute approximate surface area is 160 Å². The maximum Gasteiger partial charge on any atom is 0.337 e. The molecular formula is C21H27N3O3. The molecule has 1 aromatic carbocycles. The summed E-state index contributed by atoms with van der Waals surface area (Å²) in [6, 6.07) is 9.80. The van der Waals surface area contributed by atoms with E-state index in [1.807, 2.05) is 13.0 Å². The van der Waals surface area contributed by atoms with Gasteiger partial charge >= 0.3 is 12.0 Å². The van der Waals surface area contributed by atoms with Crippen molar-refractivity contribution in [2.24, 2.45) is 0 Å². The minimum Gasteiger partial charge on any atom is -0.463 e. The van der Waals surface area contributed by atoms with Gasteiger partial charge < -0.3 is 15.4 Å². The topological polar surface area (TPSA) is 70.7 Å². The molecule has 0 spiro atoms. The Morgan fingerprint density at radius 3 is 2.67 bits per heavy atom. The van der Waals surface area contributed by atoms with E-state index >= 15 is 0 Å². The van der Waals surface area contributed by atoms with Gasteiger partial charge in [-0.3, -0.25) is 4.90 Å². The third-order valence-corrected chi connectivity index (χ3v) is 4.97. The number of benzene rings is 1. The zero-order valence-electron chi connectivity index (χ0n) is 16.0. The normalized spacial score (nSPS) is 20.6. The predicted molar refractivity (Wildman–Crippen MR) is 105 cm³/mol. The molecule has 0 unspecified atom stereocenters. The van der Waals surface area contributed by atoms with Crippen molar-refractivity contribution in [1.29, 1.82) is 0 Å². The first kappa shape index (κ1) is 19.2. The molecule has 3 rings (SSSR count). The van der Waals surface area contributed by atoms with Gasteiger partial charge in [0.25, 0.3) is 0 Å². The molecule has 144 valence electrons. The van der Waals surface area contributed by atoms with Crippen molar-refractivity contribution in [3.63, 3.8) is 0 Å². The van der Waals surface area contributed by atoms with Gasteiger partial charge in [0.1, 0.15) is 0 Å². The number of esters is 1. The molecule has 0 bridgehead atoms. The summed E-state index contributed by atoms with van der Waals surface area (Å²) in [7, 11) is 0. The summed E-state index contributed by atoms with van der Waals surface area (Å²) in [4.78, 5) is 26.7. The smallest absolute Gasteiger partial charge is 0.337 e. The van der Waals surface area contributed by atoms with E-state index in [1.54, 1.807) is 6.92 Å². The van der Waals surface area contributed by atoms with Crippen LogP contribution in [0.4, 0.5) is 4.79 Å². The molecule has 0 saturated carbocycles. The Morgan fingerprint density at radius 1 is 1.26 bits per heavy atom. The highest BCUT2D eigenvalue weighted by molar-refractivity contribution is 5.94. The summed E-state index contributed by atoms with van der Waals surface area (Å²) in [6.07, 6.45) is 3.81. The lowest BCUT2D eigenvalue weighted by Gasteiger charge is -2.32. The third kappa shape index (κ3) is 4.57. The fraction of sp³-hybridized carbons (Fsp3) is 0.429. The van der Waals surface area contributed by atoms with Crippen LogP contribution in [0, 0.1) is 0 Å². The number of carbonyl (C=O) groups is 2. The monoisotopic (exact) mass is 369 g/mol. The van der Waals surface area contributed by atoms with Gasteiger partial charge in [-0.1, -0.05) is 43.3 Å². The number of ether oxygens (including phenoxy) is 1. The molecule has 6 nitrogen and oxygen atoms in total. The Morgan fingerprint density at radius 2 is 2.04 bits per heavy atom. The summed E-state index contributed by atoms with van der Waals surface area (Å²) in [5.41, 5.74) is 3.79. The van der Waals surface area contributed by atoms with Gasteiger partial charge in [-0.25, -0.2) is 9.59 Å². The maximum absolute atomic E-state index is 12.5. The number of amides is 2. The van der Waals surface area contributed by atoms with Crippen LogP contribution in [0.5, 0.6) is 0 Å². The number of hydrogen-bond acceptors (Lipinski definition) is 4. The summed E-state index contributed by atoms with van der Waals surface area (Å²) in [6.45, 7) is 6.23. The van der Waals surface area contributed by atoms with Crippen LogP contribution in [0.3, 0.4) is 0 Å². The molecule has 1 atom stereocenters. The van der Waals surface area contributed by atoms with Crippen LogP contribution >= 0.6 is 0 Å². The first-order valence-corrected chi connectivity index (χ1v) is 9.56. The zero-order valence-corrected chi connectivity index (χ0v) is 16.0. The second kappa shape index (κ2) is 8.86. The highest BCUT2D eigenvalue weighted by atomic mass is 16.5. The fourth-order valence-electron chi connectivity index (χ4n) is 3.58. The van der Waals surface area contributed by atoms with Gasteiger partial charge in [0, 0.05) is 25.3 Å². The average Bonchev–Trinajstić information content (AvgIpc) is 2.69. The SMILES string of the molecule is CCOC(=O)C1=C(CN2CC=C(c3ccccc3)CC2)NC(=O)N[C@@H]1CC. The number of hydrogen-bond donors (Lipinski definition) is 2. The van der Waals surface area contributed by atoms with E-state index in [0.29, 0.717) is 30.8 Å². The quantitative estimate of drug-likeness (QED) is 0.757. The molecule has 0 fully saturated rings. The molecule has 2 heterocycles. The molecule has 27 heavy (non-hydrogen) atoms. The number of nitrogens with one attached hydrogen (secondary N) is 2. The molecule has 2 aliphatic heterocycles. The molecular weight excluding hydrogens is 342 g/mol. The first-order valence-electron chi connectivity index (χ1n) is 9.56. The fourth-order valence-corrected chi connectivity index (χ4v) is 3.58. The van der Waals surface area contributed by atoms with Crippen LogP contribution in [0.2, 0.25) is 0 Å². The second-order valence-corrected chi connectivity index (χ2v) is 6.75. The number of nitrogens with zero attached hydrogens (tertiary/aromatic N) is 1. The second-order valence-electron chi connectivity index (χ2n) is 6.75. The minimum atomic E-state index is -0.357. The highest BCUT2D eigenvalue weighted by Crippen LogP contribution is 2.24. The van der Waals surface area contributed by atoms with Crippen molar-refractivity contribution in [3.05, 3.63) is 53.2 Å². The van der Waals surface area contributed by atoms with E-state index in [1.165, 1.54) is 11.1 Å². The lowest BCUT2D eigenvalue weighted by molar-refractivity contribution is -0.139. The van der Waals surface area contributed by atoms with Crippen LogP contribution in [-0.4, -0.2) is 49.2 Å². The molecule has 0 aliphatic carbocycles. The van der Waals surface area contributed by atoms with Crippen molar-refractivity contribution >= 4 is 17.6 Å². The van der Waals surface area contributed by atoms with Crippen LogP contribution in [-0.2, 0) is 9.53 Å². The van der Waals surface area contributed by atoms with Crippen molar-refractivity contribution < 1.29 is 14.3 Å². The van der Waals surface area contributed by atoms with Crippen LogP contribution in [0.1, 0.15) is 32.3 Å². The Hall–Kier alpha value is -2.60. The van der Waals surface area contributed by atoms with Crippen molar-refractivity contribution in [3.8, 4) is 0 Å². The molecule has 2 amide bonds. The number of urea groups is 1. The third-order valence-electron chi connectivity index (χ3n) is 4.97. The Kier molecular flexibility index (Phi) is 6.29. The van der Waals surface area contributed by atoms with E-state index in [9.17, 15) is 9.59 Å². The molecule has 0 radical (unpaired) electrons. The van der Waals surface area contributed by atoms with Gasteiger partial charge in [0.05, 0.1) is 18.2 Å². The van der Waals surface area contributed by atoms with Gasteiger partial charge in [0.15, 0.2) is 0 Å². The molecule has 2 N–H and O–H groups in total. The van der Waals surface area contributed by atoms with Crippen LogP contribution in [0.25, 0.3) is 5.57 Å². The van der Waals surface area contributed by atoms with Gasteiger partial charge in [-0.2, -0.15) is 0 Å². The molecule has 2 aliphatic rings. The summed E-state index contributed by atoms with van der Waals surface area (Å²) >= 11 is 0. The maximum atomic E-state index is 12.5. The van der Waals surface area contributed by atoms with Crippen molar-refractivity contribution in [2.45, 2.75) is 32.7 Å². The lowest BCUT2D eigenvalue weighted by atomic mass is 9.98. The van der Waals surface area contributed by atoms with Gasteiger partial charge in [0.2, 0.25) is 0 Å². The van der Waals surface area contributed by atoms with Crippen molar-refractivity contribution in [1.82, 2.24) is 15.5 Å².